The third-order valence-corrected chi connectivity index (χ3v) is 8.85. The van der Waals surface area contributed by atoms with E-state index in [0.717, 1.165) is 30.2 Å². The van der Waals surface area contributed by atoms with E-state index in [-0.39, 0.29) is 23.1 Å². The normalized spacial score (nSPS) is 11.9. The summed E-state index contributed by atoms with van der Waals surface area (Å²) in [6.07, 6.45) is 0. The second kappa shape index (κ2) is 11.9. The molecule has 5 rings (SSSR count). The smallest absolute Gasteiger partial charge is 0.256 e. The monoisotopic (exact) mass is 601 g/mol. The van der Waals surface area contributed by atoms with Crippen molar-refractivity contribution < 1.29 is 9.59 Å². The molecule has 0 saturated carbocycles. The molecule has 0 saturated heterocycles. The van der Waals surface area contributed by atoms with Gasteiger partial charge in [0, 0.05) is 10.2 Å². The van der Waals surface area contributed by atoms with Crippen LogP contribution in [0.1, 0.15) is 34.5 Å². The second-order valence-electron chi connectivity index (χ2n) is 8.62. The van der Waals surface area contributed by atoms with Gasteiger partial charge in [-0.2, -0.15) is 0 Å². The van der Waals surface area contributed by atoms with Gasteiger partial charge < -0.3 is 10.6 Å². The van der Waals surface area contributed by atoms with Crippen molar-refractivity contribution in [1.82, 2.24) is 10.3 Å². The van der Waals surface area contributed by atoms with Crippen molar-refractivity contribution in [2.24, 2.45) is 0 Å². The van der Waals surface area contributed by atoms with Crippen LogP contribution < -0.4 is 10.6 Å². The van der Waals surface area contributed by atoms with E-state index in [1.54, 1.807) is 6.07 Å². The zero-order chi connectivity index (χ0) is 26.5. The number of benzene rings is 4. The maximum atomic E-state index is 13.3. The molecule has 2 amide bonds. The SMILES string of the molecule is CC(Sc1nc2ccc(NC(=O)c3ccccc3Br)cc2s1)C(=O)NC(c1ccccc1)c1ccccc1. The van der Waals surface area contributed by atoms with E-state index in [1.807, 2.05) is 104 Å². The maximum absolute atomic E-state index is 13.3. The number of rotatable bonds is 8. The van der Waals surface area contributed by atoms with Gasteiger partial charge in [0.1, 0.15) is 0 Å². The summed E-state index contributed by atoms with van der Waals surface area (Å²) < 4.78 is 2.48. The van der Waals surface area contributed by atoms with Crippen LogP contribution in [0.2, 0.25) is 0 Å². The molecule has 0 bridgehead atoms. The standard InChI is InChI=1S/C30H24BrN3O2S2/c1-19(28(35)34-27(20-10-4-2-5-11-20)21-12-6-3-7-13-21)37-30-33-25-17-16-22(18-26(25)38-30)32-29(36)23-14-8-9-15-24(23)31/h2-19,27H,1H3,(H,32,36)(H,34,35). The second-order valence-corrected chi connectivity index (χ2v) is 12.1. The first-order valence-electron chi connectivity index (χ1n) is 12.0. The van der Waals surface area contributed by atoms with Crippen LogP contribution in [0.3, 0.4) is 0 Å². The number of amides is 2. The van der Waals surface area contributed by atoms with Crippen LogP contribution >= 0.6 is 39.0 Å². The molecule has 5 aromatic rings. The third-order valence-electron chi connectivity index (χ3n) is 5.94. The molecule has 0 radical (unpaired) electrons. The quantitative estimate of drug-likeness (QED) is 0.179. The van der Waals surface area contributed by atoms with Crippen LogP contribution in [0.25, 0.3) is 10.2 Å². The van der Waals surface area contributed by atoms with Gasteiger partial charge in [-0.15, -0.1) is 11.3 Å². The van der Waals surface area contributed by atoms with E-state index < -0.39 is 0 Å². The number of fused-ring (bicyclic) bond motifs is 1. The summed E-state index contributed by atoms with van der Waals surface area (Å²) in [5.74, 6) is -0.249. The van der Waals surface area contributed by atoms with Crippen LogP contribution in [-0.4, -0.2) is 22.0 Å². The predicted molar refractivity (Wildman–Crippen MR) is 160 cm³/mol. The molecule has 0 aliphatic heterocycles. The number of carbonyl (C=O) groups is 2. The topological polar surface area (TPSA) is 71.1 Å². The Morgan fingerprint density at radius 2 is 1.50 bits per heavy atom. The van der Waals surface area contributed by atoms with E-state index in [1.165, 1.54) is 23.1 Å². The summed E-state index contributed by atoms with van der Waals surface area (Å²) in [5.41, 5.74) is 4.15. The number of aromatic nitrogens is 1. The van der Waals surface area contributed by atoms with Crippen molar-refractivity contribution in [3.8, 4) is 0 Å². The van der Waals surface area contributed by atoms with Crippen molar-refractivity contribution in [1.29, 1.82) is 0 Å². The predicted octanol–water partition coefficient (Wildman–Crippen LogP) is 7.70. The van der Waals surface area contributed by atoms with Crippen molar-refractivity contribution in [2.75, 3.05) is 5.32 Å². The van der Waals surface area contributed by atoms with Gasteiger partial charge in [0.2, 0.25) is 5.91 Å². The van der Waals surface area contributed by atoms with Gasteiger partial charge in [0.15, 0.2) is 4.34 Å². The van der Waals surface area contributed by atoms with Crippen molar-refractivity contribution in [2.45, 2.75) is 22.6 Å². The van der Waals surface area contributed by atoms with Gasteiger partial charge in [-0.1, -0.05) is 84.6 Å². The number of anilines is 1. The number of nitrogens with one attached hydrogen (secondary N) is 2. The summed E-state index contributed by atoms with van der Waals surface area (Å²) in [6.45, 7) is 1.89. The molecule has 0 aliphatic rings. The van der Waals surface area contributed by atoms with Crippen molar-refractivity contribution >= 4 is 66.7 Å². The first-order valence-corrected chi connectivity index (χ1v) is 14.5. The number of carbonyl (C=O) groups excluding carboxylic acids is 2. The molecule has 5 nitrogen and oxygen atoms in total. The lowest BCUT2D eigenvalue weighted by atomic mass is 9.98. The molecule has 0 aliphatic carbocycles. The first kappa shape index (κ1) is 26.2. The average molecular weight is 603 g/mol. The van der Waals surface area contributed by atoms with Crippen molar-refractivity contribution in [3.63, 3.8) is 0 Å². The molecule has 8 heteroatoms. The highest BCUT2D eigenvalue weighted by Crippen LogP contribution is 2.34. The summed E-state index contributed by atoms with van der Waals surface area (Å²) in [5, 5.41) is 5.82. The fraction of sp³-hybridized carbons (Fsp3) is 0.100. The van der Waals surface area contributed by atoms with Crippen LogP contribution in [-0.2, 0) is 4.79 Å². The van der Waals surface area contributed by atoms with Crippen LogP contribution in [0.15, 0.2) is 112 Å². The highest BCUT2D eigenvalue weighted by atomic mass is 79.9. The maximum Gasteiger partial charge on any atom is 0.256 e. The highest BCUT2D eigenvalue weighted by molar-refractivity contribution is 9.10. The highest BCUT2D eigenvalue weighted by Gasteiger charge is 2.22. The number of hydrogen-bond acceptors (Lipinski definition) is 5. The molecule has 1 heterocycles. The Balaban J connectivity index is 1.28. The average Bonchev–Trinajstić information content (AvgIpc) is 3.34. The van der Waals surface area contributed by atoms with Crippen LogP contribution in [0.5, 0.6) is 0 Å². The Kier molecular flexibility index (Phi) is 8.22. The third kappa shape index (κ3) is 6.15. The molecule has 2 N–H and O–H groups in total. The van der Waals surface area contributed by atoms with Gasteiger partial charge in [-0.05, 0) is 64.3 Å². The van der Waals surface area contributed by atoms with E-state index >= 15 is 0 Å². The van der Waals surface area contributed by atoms with Crippen LogP contribution in [0.4, 0.5) is 5.69 Å². The lowest BCUT2D eigenvalue weighted by Crippen LogP contribution is -2.34. The minimum Gasteiger partial charge on any atom is -0.344 e. The molecule has 38 heavy (non-hydrogen) atoms. The summed E-state index contributed by atoms with van der Waals surface area (Å²) in [6, 6.07) is 32.7. The van der Waals surface area contributed by atoms with E-state index in [4.69, 9.17) is 4.98 Å². The molecule has 0 fully saturated rings. The largest absolute Gasteiger partial charge is 0.344 e. The Hall–Kier alpha value is -3.46. The fourth-order valence-electron chi connectivity index (χ4n) is 3.99. The van der Waals surface area contributed by atoms with Gasteiger partial charge in [-0.3, -0.25) is 9.59 Å². The molecule has 190 valence electrons. The van der Waals surface area contributed by atoms with E-state index in [9.17, 15) is 9.59 Å². The van der Waals surface area contributed by atoms with Crippen LogP contribution in [0, 0.1) is 0 Å². The summed E-state index contributed by atoms with van der Waals surface area (Å²) in [4.78, 5) is 30.6. The fourth-order valence-corrected chi connectivity index (χ4v) is 6.71. The minimum absolute atomic E-state index is 0.0617. The molecule has 4 aromatic carbocycles. The number of thiazole rings is 1. The van der Waals surface area contributed by atoms with E-state index in [2.05, 4.69) is 26.6 Å². The first-order chi connectivity index (χ1) is 18.5. The zero-order valence-corrected chi connectivity index (χ0v) is 23.6. The van der Waals surface area contributed by atoms with Gasteiger partial charge in [0.05, 0.1) is 27.1 Å². The molecule has 1 atom stereocenters. The minimum atomic E-state index is -0.347. The number of thioether (sulfide) groups is 1. The lowest BCUT2D eigenvalue weighted by molar-refractivity contribution is -0.120. The molecule has 1 unspecified atom stereocenters. The number of halogens is 1. The number of hydrogen-bond donors (Lipinski definition) is 2. The zero-order valence-electron chi connectivity index (χ0n) is 20.4. The number of nitrogens with zero attached hydrogens (tertiary/aromatic N) is 1. The van der Waals surface area contributed by atoms with Gasteiger partial charge >= 0.3 is 0 Å². The Labute approximate surface area is 237 Å². The molecular formula is C30H24BrN3O2S2. The Morgan fingerprint density at radius 3 is 2.16 bits per heavy atom. The summed E-state index contributed by atoms with van der Waals surface area (Å²) in [7, 11) is 0. The molecule has 1 aromatic heterocycles. The Bertz CT molecular complexity index is 1540. The lowest BCUT2D eigenvalue weighted by Gasteiger charge is -2.21. The molecule has 0 spiro atoms. The van der Waals surface area contributed by atoms with Crippen molar-refractivity contribution in [3.05, 3.63) is 124 Å². The molecular weight excluding hydrogens is 578 g/mol. The van der Waals surface area contributed by atoms with E-state index in [0.29, 0.717) is 11.3 Å². The summed E-state index contributed by atoms with van der Waals surface area (Å²) >= 11 is 6.36. The Morgan fingerprint density at radius 1 is 0.868 bits per heavy atom. The van der Waals surface area contributed by atoms with Gasteiger partial charge in [-0.25, -0.2) is 4.98 Å². The van der Waals surface area contributed by atoms with Gasteiger partial charge in [0.25, 0.3) is 5.91 Å².